The summed E-state index contributed by atoms with van der Waals surface area (Å²) in [4.78, 5) is 16.8. The van der Waals surface area contributed by atoms with E-state index < -0.39 is 0 Å². The highest BCUT2D eigenvalue weighted by atomic mass is 16.3. The van der Waals surface area contributed by atoms with Crippen molar-refractivity contribution >= 4 is 22.6 Å². The number of pyridine rings is 1. The first-order valence-electron chi connectivity index (χ1n) is 8.12. The highest BCUT2D eigenvalue weighted by Gasteiger charge is 2.18. The van der Waals surface area contributed by atoms with Gasteiger partial charge in [-0.1, -0.05) is 0 Å². The van der Waals surface area contributed by atoms with Crippen LogP contribution < -0.4 is 5.32 Å². The first-order valence-corrected chi connectivity index (χ1v) is 8.12. The van der Waals surface area contributed by atoms with Gasteiger partial charge in [0.05, 0.1) is 11.1 Å². The van der Waals surface area contributed by atoms with E-state index in [1.165, 1.54) is 0 Å². The summed E-state index contributed by atoms with van der Waals surface area (Å²) in [6, 6.07) is 10.5. The number of aromatic hydroxyl groups is 1. The number of phenolic OH excluding ortho intramolecular Hbond substituents is 1. The number of aromatic nitrogens is 4. The van der Waals surface area contributed by atoms with E-state index in [0.717, 1.165) is 22.5 Å². The van der Waals surface area contributed by atoms with Crippen molar-refractivity contribution in [1.82, 2.24) is 19.7 Å². The first-order chi connectivity index (χ1) is 12.5. The quantitative estimate of drug-likeness (QED) is 0.530. The Labute approximate surface area is 149 Å². The second kappa shape index (κ2) is 6.03. The van der Waals surface area contributed by atoms with Gasteiger partial charge in [-0.05, 0) is 44.2 Å². The fourth-order valence-electron chi connectivity index (χ4n) is 3.16. The van der Waals surface area contributed by atoms with Crippen LogP contribution in [0.15, 0.2) is 48.8 Å². The molecule has 0 aliphatic rings. The van der Waals surface area contributed by atoms with Gasteiger partial charge in [0.1, 0.15) is 5.75 Å². The number of rotatable bonds is 3. The second-order valence-electron chi connectivity index (χ2n) is 6.08. The number of H-pyrrole nitrogens is 1. The lowest BCUT2D eigenvalue weighted by atomic mass is 10.2. The van der Waals surface area contributed by atoms with Gasteiger partial charge in [-0.25, -0.2) is 0 Å². The number of carbonyl (C=O) groups is 1. The highest BCUT2D eigenvalue weighted by molar-refractivity contribution is 6.08. The molecule has 130 valence electrons. The number of fused-ring (bicyclic) bond motifs is 1. The number of nitrogens with zero attached hydrogens (tertiary/aromatic N) is 3. The summed E-state index contributed by atoms with van der Waals surface area (Å²) in [6.07, 6.45) is 3.44. The molecule has 1 amide bonds. The van der Waals surface area contributed by atoms with Gasteiger partial charge in [0, 0.05) is 40.9 Å². The van der Waals surface area contributed by atoms with E-state index in [2.05, 4.69) is 20.5 Å². The summed E-state index contributed by atoms with van der Waals surface area (Å²) in [5, 5.41) is 20.1. The molecule has 1 aromatic carbocycles. The first kappa shape index (κ1) is 15.9. The van der Waals surface area contributed by atoms with Crippen LogP contribution in [0.4, 0.5) is 5.82 Å². The summed E-state index contributed by atoms with van der Waals surface area (Å²) < 4.78 is 2.01. The minimum Gasteiger partial charge on any atom is -0.508 e. The summed E-state index contributed by atoms with van der Waals surface area (Å²) in [6.45, 7) is 3.86. The molecule has 4 aromatic rings. The van der Waals surface area contributed by atoms with Gasteiger partial charge in [0.2, 0.25) is 0 Å². The Hall–Kier alpha value is -3.61. The van der Waals surface area contributed by atoms with Crippen molar-refractivity contribution in [3.8, 4) is 11.4 Å². The standard InChI is InChI=1S/C19H17N5O2/c1-11-9-16(12(2)24(11)13-5-7-20-8-6-13)19(26)21-18-15-4-3-14(25)10-17(15)22-23-18/h3-10,25H,1-2H3,(H2,21,22,23,26). The van der Waals surface area contributed by atoms with Crippen LogP contribution >= 0.6 is 0 Å². The Morgan fingerprint density at radius 2 is 1.92 bits per heavy atom. The van der Waals surface area contributed by atoms with E-state index in [0.29, 0.717) is 16.9 Å². The molecule has 0 saturated heterocycles. The van der Waals surface area contributed by atoms with Crippen molar-refractivity contribution in [2.24, 2.45) is 0 Å². The lowest BCUT2D eigenvalue weighted by Crippen LogP contribution is -2.13. The number of nitrogens with one attached hydrogen (secondary N) is 2. The van der Waals surface area contributed by atoms with Crippen LogP contribution in [0.3, 0.4) is 0 Å². The Morgan fingerprint density at radius 3 is 2.69 bits per heavy atom. The summed E-state index contributed by atoms with van der Waals surface area (Å²) >= 11 is 0. The van der Waals surface area contributed by atoms with Gasteiger partial charge in [-0.3, -0.25) is 14.9 Å². The molecular weight excluding hydrogens is 330 g/mol. The van der Waals surface area contributed by atoms with E-state index in [-0.39, 0.29) is 11.7 Å². The van der Waals surface area contributed by atoms with Crippen molar-refractivity contribution in [1.29, 1.82) is 0 Å². The maximum Gasteiger partial charge on any atom is 0.258 e. The maximum absolute atomic E-state index is 12.8. The molecule has 0 unspecified atom stereocenters. The Kier molecular flexibility index (Phi) is 3.69. The van der Waals surface area contributed by atoms with Crippen LogP contribution in [-0.2, 0) is 0 Å². The van der Waals surface area contributed by atoms with Crippen LogP contribution in [0, 0.1) is 13.8 Å². The third-order valence-electron chi connectivity index (χ3n) is 4.38. The molecule has 26 heavy (non-hydrogen) atoms. The van der Waals surface area contributed by atoms with Gasteiger partial charge < -0.3 is 15.0 Å². The predicted molar refractivity (Wildman–Crippen MR) is 98.7 cm³/mol. The lowest BCUT2D eigenvalue weighted by molar-refractivity contribution is 0.102. The van der Waals surface area contributed by atoms with Gasteiger partial charge in [-0.15, -0.1) is 0 Å². The van der Waals surface area contributed by atoms with E-state index in [9.17, 15) is 9.90 Å². The highest BCUT2D eigenvalue weighted by Crippen LogP contribution is 2.26. The Bertz CT molecular complexity index is 1110. The molecule has 0 aliphatic heterocycles. The second-order valence-corrected chi connectivity index (χ2v) is 6.08. The van der Waals surface area contributed by atoms with Crippen LogP contribution in [0.2, 0.25) is 0 Å². The van der Waals surface area contributed by atoms with E-state index in [4.69, 9.17) is 0 Å². The molecule has 0 spiro atoms. The molecule has 0 saturated carbocycles. The van der Waals surface area contributed by atoms with Gasteiger partial charge in [-0.2, -0.15) is 5.10 Å². The van der Waals surface area contributed by atoms with Crippen LogP contribution in [0.1, 0.15) is 21.7 Å². The molecule has 0 fully saturated rings. The van der Waals surface area contributed by atoms with Crippen molar-refractivity contribution in [2.45, 2.75) is 13.8 Å². The third kappa shape index (κ3) is 2.59. The van der Waals surface area contributed by atoms with E-state index in [1.54, 1.807) is 30.6 Å². The molecule has 4 rings (SSSR count). The van der Waals surface area contributed by atoms with Gasteiger partial charge in [0.15, 0.2) is 5.82 Å². The van der Waals surface area contributed by atoms with Crippen molar-refractivity contribution in [3.63, 3.8) is 0 Å². The number of aryl methyl sites for hydroxylation is 1. The van der Waals surface area contributed by atoms with Crippen molar-refractivity contribution in [3.05, 3.63) is 65.7 Å². The normalized spacial score (nSPS) is 11.0. The largest absolute Gasteiger partial charge is 0.508 e. The predicted octanol–water partition coefficient (Wildman–Crippen LogP) is 3.32. The average molecular weight is 347 g/mol. The molecule has 0 bridgehead atoms. The van der Waals surface area contributed by atoms with Gasteiger partial charge >= 0.3 is 0 Å². The Balaban J connectivity index is 1.69. The van der Waals surface area contributed by atoms with Crippen molar-refractivity contribution in [2.75, 3.05) is 5.32 Å². The maximum atomic E-state index is 12.8. The van der Waals surface area contributed by atoms with Crippen LogP contribution in [-0.4, -0.2) is 30.8 Å². The number of phenols is 1. The average Bonchev–Trinajstić information content (AvgIpc) is 3.15. The third-order valence-corrected chi connectivity index (χ3v) is 4.38. The van der Waals surface area contributed by atoms with E-state index in [1.807, 2.05) is 36.6 Å². The zero-order valence-corrected chi connectivity index (χ0v) is 14.3. The minimum atomic E-state index is -0.236. The number of aromatic amines is 1. The summed E-state index contributed by atoms with van der Waals surface area (Å²) in [7, 11) is 0. The molecule has 7 nitrogen and oxygen atoms in total. The van der Waals surface area contributed by atoms with Crippen LogP contribution in [0.25, 0.3) is 16.6 Å². The number of hydrogen-bond donors (Lipinski definition) is 3. The fraction of sp³-hybridized carbons (Fsp3) is 0.105. The number of hydrogen-bond acceptors (Lipinski definition) is 4. The summed E-state index contributed by atoms with van der Waals surface area (Å²) in [5.41, 5.74) is 3.98. The lowest BCUT2D eigenvalue weighted by Gasteiger charge is -2.09. The topological polar surface area (TPSA) is 95.8 Å². The molecule has 3 heterocycles. The molecule has 0 aliphatic carbocycles. The SMILES string of the molecule is Cc1cc(C(=O)Nc2n[nH]c3cc(O)ccc23)c(C)n1-c1ccncc1. The zero-order valence-electron chi connectivity index (χ0n) is 14.3. The fourth-order valence-corrected chi connectivity index (χ4v) is 3.16. The smallest absolute Gasteiger partial charge is 0.258 e. The monoisotopic (exact) mass is 347 g/mol. The number of benzene rings is 1. The minimum absolute atomic E-state index is 0.139. The zero-order chi connectivity index (χ0) is 18.3. The van der Waals surface area contributed by atoms with Gasteiger partial charge in [0.25, 0.3) is 5.91 Å². The molecule has 0 radical (unpaired) electrons. The van der Waals surface area contributed by atoms with Crippen molar-refractivity contribution < 1.29 is 9.90 Å². The number of anilines is 1. The molecule has 0 atom stereocenters. The number of carbonyl (C=O) groups excluding carboxylic acids is 1. The Morgan fingerprint density at radius 1 is 1.15 bits per heavy atom. The molecule has 3 aromatic heterocycles. The summed E-state index contributed by atoms with van der Waals surface area (Å²) in [5.74, 6) is 0.332. The molecule has 7 heteroatoms. The number of amides is 1. The van der Waals surface area contributed by atoms with Crippen LogP contribution in [0.5, 0.6) is 5.75 Å². The molecule has 3 N–H and O–H groups in total. The molecular formula is C19H17N5O2. The van der Waals surface area contributed by atoms with E-state index >= 15 is 0 Å².